The fourth-order valence-corrected chi connectivity index (χ4v) is 2.10. The lowest BCUT2D eigenvalue weighted by molar-refractivity contribution is -0.123. The molecule has 13 heavy (non-hydrogen) atoms. The van der Waals surface area contributed by atoms with Gasteiger partial charge in [0.25, 0.3) is 0 Å². The average Bonchev–Trinajstić information content (AvgIpc) is 2.19. The van der Waals surface area contributed by atoms with Gasteiger partial charge < -0.3 is 4.74 Å². The van der Waals surface area contributed by atoms with Crippen LogP contribution in [0.4, 0.5) is 0 Å². The number of hydrogen-bond donors (Lipinski definition) is 0. The van der Waals surface area contributed by atoms with Gasteiger partial charge in [0.05, 0.1) is 5.75 Å². The van der Waals surface area contributed by atoms with E-state index in [1.165, 1.54) is 0 Å². The summed E-state index contributed by atoms with van der Waals surface area (Å²) in [5.41, 5.74) is 0. The predicted octanol–water partition coefficient (Wildman–Crippen LogP) is 1.90. The van der Waals surface area contributed by atoms with E-state index in [4.69, 9.17) is 4.74 Å². The minimum absolute atomic E-state index is 0.256. The van der Waals surface area contributed by atoms with Gasteiger partial charge in [-0.2, -0.15) is 0 Å². The van der Waals surface area contributed by atoms with Crippen molar-refractivity contribution in [3.63, 3.8) is 0 Å². The van der Waals surface area contributed by atoms with Crippen LogP contribution in [0, 0.1) is 5.92 Å². The molecular weight excluding hydrogens is 184 g/mol. The minimum Gasteiger partial charge on any atom is -0.381 e. The molecule has 0 spiro atoms. The fraction of sp³-hybridized carbons (Fsp3) is 0.700. The summed E-state index contributed by atoms with van der Waals surface area (Å²) in [5, 5.41) is 0. The van der Waals surface area contributed by atoms with Gasteiger partial charge in [0, 0.05) is 24.9 Å². The Kier molecular flexibility index (Phi) is 5.16. The highest BCUT2D eigenvalue weighted by Crippen LogP contribution is 2.17. The van der Waals surface area contributed by atoms with Gasteiger partial charge >= 0.3 is 0 Å². The largest absolute Gasteiger partial charge is 0.381 e. The van der Waals surface area contributed by atoms with Crippen LogP contribution in [0.3, 0.4) is 0 Å². The Hall–Kier alpha value is -0.280. The minimum atomic E-state index is 0.256. The van der Waals surface area contributed by atoms with Crippen molar-refractivity contribution in [2.24, 2.45) is 5.92 Å². The van der Waals surface area contributed by atoms with Crippen LogP contribution in [0.25, 0.3) is 0 Å². The molecule has 74 valence electrons. The first kappa shape index (κ1) is 10.8. The van der Waals surface area contributed by atoms with Gasteiger partial charge in [0.2, 0.25) is 0 Å². The van der Waals surface area contributed by atoms with Crippen LogP contribution >= 0.6 is 11.8 Å². The quantitative estimate of drug-likeness (QED) is 0.501. The van der Waals surface area contributed by atoms with Crippen LogP contribution in [-0.4, -0.2) is 30.5 Å². The van der Waals surface area contributed by atoms with E-state index in [-0.39, 0.29) is 5.92 Å². The summed E-state index contributed by atoms with van der Waals surface area (Å²) in [6.45, 7) is 5.12. The second kappa shape index (κ2) is 6.22. The normalized spacial score (nSPS) is 18.5. The zero-order valence-corrected chi connectivity index (χ0v) is 8.65. The van der Waals surface area contributed by atoms with Crippen molar-refractivity contribution in [3.8, 4) is 0 Å². The van der Waals surface area contributed by atoms with E-state index in [2.05, 4.69) is 6.58 Å². The third kappa shape index (κ3) is 3.96. The number of carbonyl (C=O) groups is 1. The smallest absolute Gasteiger partial charge is 0.145 e. The van der Waals surface area contributed by atoms with E-state index in [0.29, 0.717) is 11.5 Å². The molecule has 1 aliphatic rings. The number of carbonyl (C=O) groups excluding carboxylic acids is 1. The van der Waals surface area contributed by atoms with E-state index in [1.807, 2.05) is 6.08 Å². The molecule has 1 saturated heterocycles. The van der Waals surface area contributed by atoms with Crippen molar-refractivity contribution in [1.29, 1.82) is 0 Å². The Balaban J connectivity index is 2.17. The summed E-state index contributed by atoms with van der Waals surface area (Å²) < 4.78 is 5.20. The van der Waals surface area contributed by atoms with Crippen LogP contribution in [0.2, 0.25) is 0 Å². The monoisotopic (exact) mass is 200 g/mol. The Labute approximate surface area is 83.7 Å². The van der Waals surface area contributed by atoms with Crippen LogP contribution in [0.5, 0.6) is 0 Å². The molecule has 0 saturated carbocycles. The second-order valence-corrected chi connectivity index (χ2v) is 4.19. The molecule has 0 unspecified atom stereocenters. The Morgan fingerprint density at radius 1 is 1.54 bits per heavy atom. The van der Waals surface area contributed by atoms with Gasteiger partial charge in [0.15, 0.2) is 0 Å². The van der Waals surface area contributed by atoms with Gasteiger partial charge in [-0.3, -0.25) is 4.79 Å². The Morgan fingerprint density at radius 3 is 2.85 bits per heavy atom. The van der Waals surface area contributed by atoms with Crippen molar-refractivity contribution < 1.29 is 9.53 Å². The van der Waals surface area contributed by atoms with Crippen LogP contribution in [0.1, 0.15) is 12.8 Å². The lowest BCUT2D eigenvalue weighted by atomic mass is 9.96. The van der Waals surface area contributed by atoms with E-state index < -0.39 is 0 Å². The molecule has 1 heterocycles. The SMILES string of the molecule is C=CCSCC(=O)C1CCOCC1. The highest BCUT2D eigenvalue weighted by Gasteiger charge is 2.20. The van der Waals surface area contributed by atoms with E-state index in [9.17, 15) is 4.79 Å². The van der Waals surface area contributed by atoms with Gasteiger partial charge in [-0.25, -0.2) is 0 Å². The first-order chi connectivity index (χ1) is 6.34. The number of ketones is 1. The molecule has 0 bridgehead atoms. The molecule has 1 rings (SSSR count). The molecule has 0 N–H and O–H groups in total. The Bertz CT molecular complexity index is 174. The first-order valence-electron chi connectivity index (χ1n) is 4.63. The van der Waals surface area contributed by atoms with Crippen LogP contribution < -0.4 is 0 Å². The van der Waals surface area contributed by atoms with Crippen molar-refractivity contribution in [1.82, 2.24) is 0 Å². The molecule has 1 aliphatic heterocycles. The fourth-order valence-electron chi connectivity index (χ4n) is 1.38. The summed E-state index contributed by atoms with van der Waals surface area (Å²) in [7, 11) is 0. The molecule has 0 aliphatic carbocycles. The molecule has 0 aromatic heterocycles. The summed E-state index contributed by atoms with van der Waals surface area (Å²) >= 11 is 1.65. The van der Waals surface area contributed by atoms with Crippen LogP contribution in [-0.2, 0) is 9.53 Å². The maximum atomic E-state index is 11.6. The first-order valence-corrected chi connectivity index (χ1v) is 5.79. The predicted molar refractivity (Wildman–Crippen MR) is 56.1 cm³/mol. The van der Waals surface area contributed by atoms with Crippen molar-refractivity contribution in [3.05, 3.63) is 12.7 Å². The third-order valence-electron chi connectivity index (χ3n) is 2.16. The highest BCUT2D eigenvalue weighted by atomic mass is 32.2. The summed E-state index contributed by atoms with van der Waals surface area (Å²) in [5.74, 6) is 2.15. The maximum Gasteiger partial charge on any atom is 0.145 e. The zero-order valence-electron chi connectivity index (χ0n) is 7.83. The van der Waals surface area contributed by atoms with Crippen molar-refractivity contribution in [2.75, 3.05) is 24.7 Å². The molecule has 1 fully saturated rings. The molecule has 0 aromatic rings. The van der Waals surface area contributed by atoms with Crippen molar-refractivity contribution in [2.45, 2.75) is 12.8 Å². The average molecular weight is 200 g/mol. The maximum absolute atomic E-state index is 11.6. The molecular formula is C10H16O2S. The van der Waals surface area contributed by atoms with Gasteiger partial charge in [0.1, 0.15) is 5.78 Å². The lowest BCUT2D eigenvalue weighted by Crippen LogP contribution is -2.24. The topological polar surface area (TPSA) is 26.3 Å². The highest BCUT2D eigenvalue weighted by molar-refractivity contribution is 8.00. The van der Waals surface area contributed by atoms with Gasteiger partial charge in [-0.1, -0.05) is 6.08 Å². The van der Waals surface area contributed by atoms with Crippen LogP contribution in [0.15, 0.2) is 12.7 Å². The van der Waals surface area contributed by atoms with Gasteiger partial charge in [-0.05, 0) is 12.8 Å². The molecule has 2 nitrogen and oxygen atoms in total. The number of Topliss-reactive ketones (excluding diaryl/α,β-unsaturated/α-hetero) is 1. The summed E-state index contributed by atoms with van der Waals surface area (Å²) in [4.78, 5) is 11.6. The summed E-state index contributed by atoms with van der Waals surface area (Å²) in [6.07, 6.45) is 3.66. The van der Waals surface area contributed by atoms with E-state index in [0.717, 1.165) is 31.8 Å². The number of thioether (sulfide) groups is 1. The summed E-state index contributed by atoms with van der Waals surface area (Å²) in [6, 6.07) is 0. The molecule has 0 radical (unpaired) electrons. The van der Waals surface area contributed by atoms with Crippen molar-refractivity contribution >= 4 is 17.5 Å². The molecule has 0 aromatic carbocycles. The third-order valence-corrected chi connectivity index (χ3v) is 3.12. The van der Waals surface area contributed by atoms with E-state index in [1.54, 1.807) is 11.8 Å². The lowest BCUT2D eigenvalue weighted by Gasteiger charge is -2.20. The second-order valence-electron chi connectivity index (χ2n) is 3.16. The number of ether oxygens (including phenoxy) is 1. The molecule has 3 heteroatoms. The van der Waals surface area contributed by atoms with E-state index >= 15 is 0 Å². The standard InChI is InChI=1S/C10H16O2S/c1-2-7-13-8-10(11)9-3-5-12-6-4-9/h2,9H,1,3-8H2. The number of rotatable bonds is 5. The Morgan fingerprint density at radius 2 is 2.23 bits per heavy atom. The zero-order chi connectivity index (χ0) is 9.52. The number of hydrogen-bond acceptors (Lipinski definition) is 3. The van der Waals surface area contributed by atoms with Gasteiger partial charge in [-0.15, -0.1) is 18.3 Å². The molecule has 0 amide bonds. The molecule has 0 atom stereocenters.